The van der Waals surface area contributed by atoms with Gasteiger partial charge in [0.2, 0.25) is 10.0 Å². The minimum absolute atomic E-state index is 0.0405. The van der Waals surface area contributed by atoms with Crippen molar-refractivity contribution in [2.24, 2.45) is 5.14 Å². The van der Waals surface area contributed by atoms with Crippen molar-refractivity contribution in [2.45, 2.75) is 50.3 Å². The first kappa shape index (κ1) is 16.0. The molecule has 118 valence electrons. The number of aromatic nitrogens is 1. The summed E-state index contributed by atoms with van der Waals surface area (Å²) in [6.45, 7) is 5.02. The number of carbonyl (C=O) groups is 1. The molecular weight excluding hydrogens is 294 g/mol. The molecule has 1 aliphatic heterocycles. The second-order valence-electron chi connectivity index (χ2n) is 5.24. The topological polar surface area (TPSA) is 103 Å². The van der Waals surface area contributed by atoms with Crippen LogP contribution in [0.25, 0.3) is 0 Å². The Morgan fingerprint density at radius 1 is 1.57 bits per heavy atom. The number of sulfonamides is 1. The van der Waals surface area contributed by atoms with Crippen LogP contribution in [-0.4, -0.2) is 37.6 Å². The van der Waals surface area contributed by atoms with Crippen molar-refractivity contribution in [1.82, 2.24) is 9.88 Å². The first-order chi connectivity index (χ1) is 9.82. The molecule has 1 fully saturated rings. The van der Waals surface area contributed by atoms with Crippen LogP contribution in [0.3, 0.4) is 0 Å². The summed E-state index contributed by atoms with van der Waals surface area (Å²) in [6, 6.07) is 1.27. The maximum absolute atomic E-state index is 12.4. The fourth-order valence-electron chi connectivity index (χ4n) is 2.42. The van der Waals surface area contributed by atoms with Crippen LogP contribution in [0.2, 0.25) is 0 Å². The van der Waals surface area contributed by atoms with E-state index in [-0.39, 0.29) is 22.9 Å². The number of nitrogens with zero attached hydrogens (tertiary/aromatic N) is 1. The van der Waals surface area contributed by atoms with Gasteiger partial charge in [-0.1, -0.05) is 6.92 Å². The lowest BCUT2D eigenvalue weighted by Gasteiger charge is -2.16. The van der Waals surface area contributed by atoms with E-state index in [4.69, 9.17) is 9.88 Å². The largest absolute Gasteiger partial charge is 0.376 e. The van der Waals surface area contributed by atoms with Gasteiger partial charge in [-0.15, -0.1) is 0 Å². The molecule has 0 aliphatic carbocycles. The lowest BCUT2D eigenvalue weighted by molar-refractivity contribution is 0.0858. The maximum atomic E-state index is 12.4. The standard InChI is InChI=1S/C13H21N3O4S/c1-3-5-16-8-10(21(14,18)19)7-12(16)13(17)15-11-4-6-20-9(11)2/h7-9,11H,3-6H2,1-2H3,(H,15,17)(H2,14,18,19). The first-order valence-corrected chi connectivity index (χ1v) is 8.53. The van der Waals surface area contributed by atoms with Gasteiger partial charge >= 0.3 is 0 Å². The molecule has 8 heteroatoms. The highest BCUT2D eigenvalue weighted by atomic mass is 32.2. The molecule has 0 radical (unpaired) electrons. The van der Waals surface area contributed by atoms with Crippen LogP contribution in [0.5, 0.6) is 0 Å². The van der Waals surface area contributed by atoms with Gasteiger partial charge in [0, 0.05) is 19.3 Å². The third-order valence-corrected chi connectivity index (χ3v) is 4.47. The predicted octanol–water partition coefficient (Wildman–Crippen LogP) is 0.453. The van der Waals surface area contributed by atoms with Gasteiger partial charge < -0.3 is 14.6 Å². The molecule has 1 aromatic heterocycles. The van der Waals surface area contributed by atoms with E-state index in [0.717, 1.165) is 12.8 Å². The normalized spacial score (nSPS) is 22.4. The quantitative estimate of drug-likeness (QED) is 0.823. The molecule has 1 aliphatic rings. The van der Waals surface area contributed by atoms with Crippen LogP contribution in [-0.2, 0) is 21.3 Å². The van der Waals surface area contributed by atoms with Crippen LogP contribution in [0, 0.1) is 0 Å². The van der Waals surface area contributed by atoms with E-state index in [2.05, 4.69) is 5.32 Å². The van der Waals surface area contributed by atoms with Gasteiger partial charge in [0.25, 0.3) is 5.91 Å². The molecule has 2 heterocycles. The Bertz CT molecular complexity index is 623. The highest BCUT2D eigenvalue weighted by molar-refractivity contribution is 7.89. The van der Waals surface area contributed by atoms with Gasteiger partial charge in [0.15, 0.2) is 0 Å². The molecule has 0 saturated carbocycles. The summed E-state index contributed by atoms with van der Waals surface area (Å²) in [5.74, 6) is -0.305. The average Bonchev–Trinajstić information content (AvgIpc) is 2.97. The van der Waals surface area contributed by atoms with Gasteiger partial charge in [0.05, 0.1) is 12.1 Å². The lowest BCUT2D eigenvalue weighted by atomic mass is 10.1. The summed E-state index contributed by atoms with van der Waals surface area (Å²) < 4.78 is 29.9. The number of amides is 1. The fraction of sp³-hybridized carbons (Fsp3) is 0.615. The van der Waals surface area contributed by atoms with E-state index in [9.17, 15) is 13.2 Å². The van der Waals surface area contributed by atoms with Crippen LogP contribution >= 0.6 is 0 Å². The van der Waals surface area contributed by atoms with Crippen LogP contribution in [0.4, 0.5) is 0 Å². The molecule has 0 spiro atoms. The van der Waals surface area contributed by atoms with Crippen molar-refractivity contribution in [1.29, 1.82) is 0 Å². The van der Waals surface area contributed by atoms with Crippen molar-refractivity contribution in [3.8, 4) is 0 Å². The highest BCUT2D eigenvalue weighted by Gasteiger charge is 2.27. The highest BCUT2D eigenvalue weighted by Crippen LogP contribution is 2.17. The van der Waals surface area contributed by atoms with Gasteiger partial charge in [-0.3, -0.25) is 4.79 Å². The average molecular weight is 315 g/mol. The summed E-state index contributed by atoms with van der Waals surface area (Å²) in [6.07, 6.45) is 2.90. The number of primary sulfonamides is 1. The molecule has 1 aromatic rings. The molecule has 21 heavy (non-hydrogen) atoms. The Kier molecular flexibility index (Phi) is 4.70. The number of rotatable bonds is 5. The lowest BCUT2D eigenvalue weighted by Crippen LogP contribution is -2.39. The molecule has 2 atom stereocenters. The summed E-state index contributed by atoms with van der Waals surface area (Å²) >= 11 is 0. The Labute approximate surface area is 124 Å². The number of hydrogen-bond acceptors (Lipinski definition) is 4. The SMILES string of the molecule is CCCn1cc(S(N)(=O)=O)cc1C(=O)NC1CCOC1C. The zero-order valence-corrected chi connectivity index (χ0v) is 13.0. The number of aryl methyl sites for hydroxylation is 1. The molecule has 1 amide bonds. The smallest absolute Gasteiger partial charge is 0.268 e. The van der Waals surface area contributed by atoms with Crippen molar-refractivity contribution in [3.63, 3.8) is 0 Å². The number of carbonyl (C=O) groups excluding carboxylic acids is 1. The molecule has 0 bridgehead atoms. The van der Waals surface area contributed by atoms with Crippen LogP contribution < -0.4 is 10.5 Å². The predicted molar refractivity (Wildman–Crippen MR) is 77.4 cm³/mol. The molecule has 2 rings (SSSR count). The molecule has 3 N–H and O–H groups in total. The summed E-state index contributed by atoms with van der Waals surface area (Å²) in [5.41, 5.74) is 0.306. The van der Waals surface area contributed by atoms with Crippen molar-refractivity contribution in [3.05, 3.63) is 18.0 Å². The zero-order valence-electron chi connectivity index (χ0n) is 12.2. The third kappa shape index (κ3) is 3.63. The summed E-state index contributed by atoms with van der Waals surface area (Å²) in [5, 5.41) is 8.02. The Morgan fingerprint density at radius 3 is 2.81 bits per heavy atom. The second-order valence-corrected chi connectivity index (χ2v) is 6.81. The van der Waals surface area contributed by atoms with E-state index >= 15 is 0 Å². The third-order valence-electron chi connectivity index (χ3n) is 3.59. The number of hydrogen-bond donors (Lipinski definition) is 2. The van der Waals surface area contributed by atoms with Crippen molar-refractivity contribution >= 4 is 15.9 Å². The molecule has 2 unspecified atom stereocenters. The number of nitrogens with one attached hydrogen (secondary N) is 1. The molecular formula is C13H21N3O4S. The zero-order chi connectivity index (χ0) is 15.6. The number of ether oxygens (including phenoxy) is 1. The maximum Gasteiger partial charge on any atom is 0.268 e. The Hall–Kier alpha value is -1.38. The van der Waals surface area contributed by atoms with Crippen LogP contribution in [0.15, 0.2) is 17.2 Å². The summed E-state index contributed by atoms with van der Waals surface area (Å²) in [7, 11) is -3.82. The fourth-order valence-corrected chi connectivity index (χ4v) is 2.97. The Balaban J connectivity index is 2.24. The number of nitrogens with two attached hydrogens (primary N) is 1. The summed E-state index contributed by atoms with van der Waals surface area (Å²) in [4.78, 5) is 12.3. The molecule has 0 aromatic carbocycles. The first-order valence-electron chi connectivity index (χ1n) is 6.98. The van der Waals surface area contributed by atoms with Gasteiger partial charge in [-0.2, -0.15) is 0 Å². The molecule has 1 saturated heterocycles. The van der Waals surface area contributed by atoms with Gasteiger partial charge in [0.1, 0.15) is 10.6 Å². The van der Waals surface area contributed by atoms with Gasteiger partial charge in [-0.05, 0) is 25.8 Å². The van der Waals surface area contributed by atoms with Gasteiger partial charge in [-0.25, -0.2) is 13.6 Å². The second kappa shape index (κ2) is 6.17. The van der Waals surface area contributed by atoms with Crippen molar-refractivity contribution in [2.75, 3.05) is 6.61 Å². The monoisotopic (exact) mass is 315 g/mol. The van der Waals surface area contributed by atoms with E-state index in [1.54, 1.807) is 4.57 Å². The van der Waals surface area contributed by atoms with E-state index in [1.165, 1.54) is 12.3 Å². The van der Waals surface area contributed by atoms with E-state index < -0.39 is 10.0 Å². The van der Waals surface area contributed by atoms with Crippen LogP contribution in [0.1, 0.15) is 37.2 Å². The molecule has 7 nitrogen and oxygen atoms in total. The van der Waals surface area contributed by atoms with E-state index in [0.29, 0.717) is 18.8 Å². The minimum Gasteiger partial charge on any atom is -0.376 e. The van der Waals surface area contributed by atoms with E-state index in [1.807, 2.05) is 13.8 Å². The Morgan fingerprint density at radius 2 is 2.29 bits per heavy atom. The minimum atomic E-state index is -3.82. The van der Waals surface area contributed by atoms with Crippen molar-refractivity contribution < 1.29 is 17.9 Å².